The molecule has 0 aliphatic carbocycles. The van der Waals surface area contributed by atoms with Gasteiger partial charge >= 0.3 is 0 Å². The molecule has 5 heteroatoms. The van der Waals surface area contributed by atoms with Crippen molar-refractivity contribution in [2.75, 3.05) is 33.4 Å². The number of likely N-dealkylation sites (tertiary alicyclic amines) is 1. The van der Waals surface area contributed by atoms with Crippen molar-refractivity contribution in [2.45, 2.75) is 26.4 Å². The number of methoxy groups -OCH3 is 1. The molecule has 3 atom stereocenters. The highest BCUT2D eigenvalue weighted by molar-refractivity contribution is 5.85. The lowest BCUT2D eigenvalue weighted by Gasteiger charge is -2.35. The minimum Gasteiger partial charge on any atom is -0.497 e. The van der Waals surface area contributed by atoms with Crippen molar-refractivity contribution in [1.82, 2.24) is 4.90 Å². The number of hydrogen-bond donors (Lipinski definition) is 1. The summed E-state index contributed by atoms with van der Waals surface area (Å²) in [5.41, 5.74) is 0. The van der Waals surface area contributed by atoms with E-state index < -0.39 is 6.10 Å². The smallest absolute Gasteiger partial charge is 0.119 e. The zero-order chi connectivity index (χ0) is 15.2. The predicted molar refractivity (Wildman–Crippen MR) is 91.1 cm³/mol. The predicted octanol–water partition coefficient (Wildman–Crippen LogP) is 2.83. The topological polar surface area (TPSA) is 41.9 Å². The van der Waals surface area contributed by atoms with Crippen LogP contribution in [0.3, 0.4) is 0 Å². The van der Waals surface area contributed by atoms with Gasteiger partial charge in [-0.25, -0.2) is 0 Å². The summed E-state index contributed by atoms with van der Waals surface area (Å²) in [6.07, 6.45) is 0.833. The second-order valence-corrected chi connectivity index (χ2v) is 6.30. The van der Waals surface area contributed by atoms with Gasteiger partial charge in [-0.3, -0.25) is 0 Å². The summed E-state index contributed by atoms with van der Waals surface area (Å²) in [6, 6.07) is 7.43. The number of hydrogen-bond acceptors (Lipinski definition) is 4. The van der Waals surface area contributed by atoms with E-state index in [1.54, 1.807) is 7.11 Å². The van der Waals surface area contributed by atoms with Crippen LogP contribution in [-0.4, -0.2) is 49.5 Å². The first-order valence-corrected chi connectivity index (χ1v) is 7.74. The molecule has 1 heterocycles. The molecule has 126 valence electrons. The quantitative estimate of drug-likeness (QED) is 0.871. The fourth-order valence-electron chi connectivity index (χ4n) is 3.16. The molecule has 0 saturated carbocycles. The molecule has 1 aliphatic rings. The minimum atomic E-state index is -0.454. The first-order chi connectivity index (χ1) is 10.1. The average Bonchev–Trinajstić information content (AvgIpc) is 2.44. The molecule has 22 heavy (non-hydrogen) atoms. The highest BCUT2D eigenvalue weighted by Gasteiger charge is 2.23. The zero-order valence-electron chi connectivity index (χ0n) is 13.7. The van der Waals surface area contributed by atoms with Gasteiger partial charge < -0.3 is 19.5 Å². The molecule has 0 spiro atoms. The van der Waals surface area contributed by atoms with Gasteiger partial charge in [-0.2, -0.15) is 0 Å². The molecule has 4 nitrogen and oxygen atoms in total. The van der Waals surface area contributed by atoms with Gasteiger partial charge in [0, 0.05) is 19.6 Å². The Balaban J connectivity index is 0.00000242. The molecule has 2 rings (SSSR count). The average molecular weight is 330 g/mol. The summed E-state index contributed by atoms with van der Waals surface area (Å²) in [5, 5.41) is 10.1. The van der Waals surface area contributed by atoms with Crippen molar-refractivity contribution in [3.05, 3.63) is 24.3 Å². The maximum Gasteiger partial charge on any atom is 0.119 e. The Morgan fingerprint density at radius 1 is 1.14 bits per heavy atom. The summed E-state index contributed by atoms with van der Waals surface area (Å²) >= 11 is 0. The Bertz CT molecular complexity index is 416. The van der Waals surface area contributed by atoms with Crippen LogP contribution < -0.4 is 9.47 Å². The number of β-amino-alcohol motifs (C(OH)–C–C–N with tert-alkyl or cyclic N) is 1. The largest absolute Gasteiger partial charge is 0.497 e. The van der Waals surface area contributed by atoms with Gasteiger partial charge in [0.25, 0.3) is 0 Å². The van der Waals surface area contributed by atoms with Crippen LogP contribution in [0.1, 0.15) is 20.3 Å². The molecule has 0 aromatic heterocycles. The molecule has 1 saturated heterocycles. The molecule has 0 radical (unpaired) electrons. The van der Waals surface area contributed by atoms with Crippen molar-refractivity contribution in [3.63, 3.8) is 0 Å². The monoisotopic (exact) mass is 329 g/mol. The van der Waals surface area contributed by atoms with Gasteiger partial charge in [-0.1, -0.05) is 13.8 Å². The molecule has 1 fully saturated rings. The maximum atomic E-state index is 10.1. The van der Waals surface area contributed by atoms with E-state index in [2.05, 4.69) is 18.7 Å². The van der Waals surface area contributed by atoms with Gasteiger partial charge in [-0.05, 0) is 42.5 Å². The van der Waals surface area contributed by atoms with E-state index in [0.717, 1.165) is 24.6 Å². The van der Waals surface area contributed by atoms with Crippen LogP contribution >= 0.6 is 12.4 Å². The molecule has 1 aromatic rings. The van der Waals surface area contributed by atoms with E-state index in [4.69, 9.17) is 9.47 Å². The van der Waals surface area contributed by atoms with Crippen molar-refractivity contribution < 1.29 is 14.6 Å². The summed E-state index contributed by atoms with van der Waals surface area (Å²) in [4.78, 5) is 2.35. The highest BCUT2D eigenvalue weighted by atomic mass is 35.5. The van der Waals surface area contributed by atoms with E-state index >= 15 is 0 Å². The van der Waals surface area contributed by atoms with Gasteiger partial charge in [0.05, 0.1) is 7.11 Å². The number of rotatable bonds is 6. The molecule has 1 aliphatic heterocycles. The third-order valence-corrected chi connectivity index (χ3v) is 3.92. The number of piperidine rings is 1. The normalized spacial score (nSPS) is 23.5. The van der Waals surface area contributed by atoms with Crippen molar-refractivity contribution in [1.29, 1.82) is 0 Å². The first-order valence-electron chi connectivity index (χ1n) is 7.74. The van der Waals surface area contributed by atoms with Gasteiger partial charge in [0.1, 0.15) is 24.2 Å². The van der Waals surface area contributed by atoms with E-state index in [1.807, 2.05) is 24.3 Å². The van der Waals surface area contributed by atoms with Crippen molar-refractivity contribution in [2.24, 2.45) is 11.8 Å². The third-order valence-electron chi connectivity index (χ3n) is 3.92. The number of halogens is 1. The number of ether oxygens (including phenoxy) is 2. The second-order valence-electron chi connectivity index (χ2n) is 6.30. The summed E-state index contributed by atoms with van der Waals surface area (Å²) in [7, 11) is 1.64. The summed E-state index contributed by atoms with van der Waals surface area (Å²) in [6.45, 7) is 7.72. The molecule has 0 amide bonds. The van der Waals surface area contributed by atoms with E-state index in [9.17, 15) is 5.11 Å². The number of benzene rings is 1. The van der Waals surface area contributed by atoms with E-state index in [-0.39, 0.29) is 12.4 Å². The lowest BCUT2D eigenvalue weighted by molar-refractivity contribution is 0.0429. The lowest BCUT2D eigenvalue weighted by Crippen LogP contribution is -2.43. The fraction of sp³-hybridized carbons (Fsp3) is 0.647. The number of nitrogens with zero attached hydrogens (tertiary/aromatic N) is 1. The Morgan fingerprint density at radius 2 is 1.68 bits per heavy atom. The Labute approximate surface area is 139 Å². The Morgan fingerprint density at radius 3 is 2.23 bits per heavy atom. The molecular weight excluding hydrogens is 302 g/mol. The SMILES string of the molecule is COc1ccc(OCC(O)CN2CC(C)CC(C)C2)cc1.Cl. The molecule has 3 unspecified atom stereocenters. The summed E-state index contributed by atoms with van der Waals surface area (Å²) < 4.78 is 10.7. The third kappa shape index (κ3) is 6.03. The van der Waals surface area contributed by atoms with Gasteiger partial charge in [0.15, 0.2) is 0 Å². The van der Waals surface area contributed by atoms with Crippen LogP contribution in [0.15, 0.2) is 24.3 Å². The lowest BCUT2D eigenvalue weighted by atomic mass is 9.92. The second kappa shape index (κ2) is 9.23. The van der Waals surface area contributed by atoms with Crippen LogP contribution in [0.4, 0.5) is 0 Å². The van der Waals surface area contributed by atoms with Crippen molar-refractivity contribution in [3.8, 4) is 11.5 Å². The van der Waals surface area contributed by atoms with Crippen LogP contribution in [0.2, 0.25) is 0 Å². The van der Waals surface area contributed by atoms with Crippen LogP contribution in [0, 0.1) is 11.8 Å². The van der Waals surface area contributed by atoms with Crippen LogP contribution in [0.25, 0.3) is 0 Å². The molecule has 1 aromatic carbocycles. The Kier molecular flexibility index (Phi) is 8.01. The van der Waals surface area contributed by atoms with Crippen molar-refractivity contribution >= 4 is 12.4 Å². The number of aliphatic hydroxyl groups is 1. The van der Waals surface area contributed by atoms with Crippen LogP contribution in [-0.2, 0) is 0 Å². The van der Waals surface area contributed by atoms with Crippen LogP contribution in [0.5, 0.6) is 11.5 Å². The Hall–Kier alpha value is -0.970. The highest BCUT2D eigenvalue weighted by Crippen LogP contribution is 2.21. The number of aliphatic hydroxyl groups excluding tert-OH is 1. The first kappa shape index (κ1) is 19.1. The van der Waals surface area contributed by atoms with E-state index in [0.29, 0.717) is 25.0 Å². The van der Waals surface area contributed by atoms with E-state index in [1.165, 1.54) is 6.42 Å². The maximum absolute atomic E-state index is 10.1. The summed E-state index contributed by atoms with van der Waals surface area (Å²) in [5.74, 6) is 2.99. The molecule has 0 bridgehead atoms. The standard InChI is InChI=1S/C17H27NO3.ClH/c1-13-8-14(2)10-18(9-13)11-15(19)12-21-17-6-4-16(20-3)5-7-17;/h4-7,13-15,19H,8-12H2,1-3H3;1H. The molecule has 1 N–H and O–H groups in total. The fourth-order valence-corrected chi connectivity index (χ4v) is 3.16. The zero-order valence-corrected chi connectivity index (χ0v) is 14.5. The minimum absolute atomic E-state index is 0. The van der Waals surface area contributed by atoms with Gasteiger partial charge in [0.2, 0.25) is 0 Å². The molecular formula is C17H28ClNO3. The van der Waals surface area contributed by atoms with Gasteiger partial charge in [-0.15, -0.1) is 12.4 Å².